The zero-order valence-electron chi connectivity index (χ0n) is 13.1. The van der Waals surface area contributed by atoms with Gasteiger partial charge in [-0.1, -0.05) is 12.1 Å². The maximum atomic E-state index is 12.9. The molecule has 0 saturated heterocycles. The van der Waals surface area contributed by atoms with Gasteiger partial charge in [-0.3, -0.25) is 4.79 Å². The van der Waals surface area contributed by atoms with Crippen molar-refractivity contribution < 1.29 is 5.11 Å². The van der Waals surface area contributed by atoms with Crippen molar-refractivity contribution in [2.75, 3.05) is 5.73 Å². The zero-order chi connectivity index (χ0) is 16.8. The number of rotatable bonds is 2. The highest BCUT2D eigenvalue weighted by molar-refractivity contribution is 6.07. The summed E-state index contributed by atoms with van der Waals surface area (Å²) in [7, 11) is 1.82. The first kappa shape index (κ1) is 14.3. The molecule has 0 bridgehead atoms. The van der Waals surface area contributed by atoms with Gasteiger partial charge in [0.15, 0.2) is 0 Å². The maximum Gasteiger partial charge on any atom is 0.291 e. The summed E-state index contributed by atoms with van der Waals surface area (Å²) in [6.45, 7) is 0.354. The third kappa shape index (κ3) is 2.11. The van der Waals surface area contributed by atoms with E-state index < -0.39 is 0 Å². The van der Waals surface area contributed by atoms with Crippen LogP contribution in [0.5, 0.6) is 5.75 Å². The average Bonchev–Trinajstić information content (AvgIpc) is 2.83. The number of nitrogens with two attached hydrogens (primary N) is 1. The van der Waals surface area contributed by atoms with Crippen LogP contribution in [-0.4, -0.2) is 19.5 Å². The van der Waals surface area contributed by atoms with Gasteiger partial charge in [0.05, 0.1) is 18.3 Å². The second-order valence-corrected chi connectivity index (χ2v) is 5.88. The number of phenolic OH excluding ortho intramolecular Hbond substituents is 1. The number of aryl methyl sites for hydroxylation is 1. The predicted molar refractivity (Wildman–Crippen MR) is 94.1 cm³/mol. The smallest absolute Gasteiger partial charge is 0.291 e. The van der Waals surface area contributed by atoms with Crippen molar-refractivity contribution in [3.8, 4) is 5.75 Å². The first-order valence-corrected chi connectivity index (χ1v) is 7.56. The second kappa shape index (κ2) is 5.13. The molecule has 0 aliphatic rings. The van der Waals surface area contributed by atoms with Crippen LogP contribution in [0.15, 0.2) is 53.5 Å². The Bertz CT molecular complexity index is 1140. The number of fused-ring (bicyclic) bond motifs is 3. The fourth-order valence-corrected chi connectivity index (χ4v) is 3.12. The van der Waals surface area contributed by atoms with Crippen molar-refractivity contribution in [3.63, 3.8) is 0 Å². The van der Waals surface area contributed by atoms with Crippen molar-refractivity contribution in [2.45, 2.75) is 6.54 Å². The number of aromatic hydroxyl groups is 1. The van der Waals surface area contributed by atoms with Crippen LogP contribution in [0.4, 0.5) is 5.69 Å². The van der Waals surface area contributed by atoms with Crippen LogP contribution in [0.25, 0.3) is 21.8 Å². The lowest BCUT2D eigenvalue weighted by molar-refractivity contribution is 0.476. The third-order valence-corrected chi connectivity index (χ3v) is 4.27. The van der Waals surface area contributed by atoms with Crippen LogP contribution in [0.2, 0.25) is 0 Å². The van der Waals surface area contributed by atoms with Crippen LogP contribution in [0.1, 0.15) is 5.56 Å². The molecule has 0 spiro atoms. The number of aromatic nitrogens is 3. The van der Waals surface area contributed by atoms with Gasteiger partial charge in [0.2, 0.25) is 0 Å². The fourth-order valence-electron chi connectivity index (χ4n) is 3.12. The number of hydrogen-bond acceptors (Lipinski definition) is 4. The summed E-state index contributed by atoms with van der Waals surface area (Å²) in [6, 6.07) is 12.5. The molecule has 0 amide bonds. The summed E-state index contributed by atoms with van der Waals surface area (Å²) in [5, 5.41) is 15.7. The molecular formula is C18H16N4O2. The predicted octanol–water partition coefficient (Wildman–Crippen LogP) is 2.22. The SMILES string of the molecule is Cn1c2cc(O)ccc2c2cnn(Cc3cccc(N)c3)c(=O)c21. The highest BCUT2D eigenvalue weighted by Gasteiger charge is 2.14. The number of hydrogen-bond donors (Lipinski definition) is 2. The lowest BCUT2D eigenvalue weighted by Crippen LogP contribution is -2.24. The molecule has 24 heavy (non-hydrogen) atoms. The highest BCUT2D eigenvalue weighted by atomic mass is 16.3. The molecule has 0 aliphatic carbocycles. The molecule has 4 aromatic rings. The van der Waals surface area contributed by atoms with Gasteiger partial charge in [0.1, 0.15) is 11.3 Å². The molecule has 3 N–H and O–H groups in total. The van der Waals surface area contributed by atoms with Gasteiger partial charge in [-0.05, 0) is 29.8 Å². The molecular weight excluding hydrogens is 304 g/mol. The first-order valence-electron chi connectivity index (χ1n) is 7.56. The minimum absolute atomic E-state index is 0.168. The van der Waals surface area contributed by atoms with Crippen LogP contribution >= 0.6 is 0 Å². The van der Waals surface area contributed by atoms with Crippen molar-refractivity contribution in [3.05, 3.63) is 64.6 Å². The van der Waals surface area contributed by atoms with E-state index in [1.165, 1.54) is 4.68 Å². The van der Waals surface area contributed by atoms with Crippen molar-refractivity contribution in [1.29, 1.82) is 0 Å². The fraction of sp³-hybridized carbons (Fsp3) is 0.111. The van der Waals surface area contributed by atoms with Gasteiger partial charge in [-0.25, -0.2) is 4.68 Å². The van der Waals surface area contributed by atoms with Gasteiger partial charge >= 0.3 is 0 Å². The molecule has 2 heterocycles. The Hall–Kier alpha value is -3.28. The number of nitrogen functional groups attached to an aromatic ring is 1. The highest BCUT2D eigenvalue weighted by Crippen LogP contribution is 2.28. The quantitative estimate of drug-likeness (QED) is 0.555. The summed E-state index contributed by atoms with van der Waals surface area (Å²) in [5.74, 6) is 0.168. The first-order chi connectivity index (χ1) is 11.5. The summed E-state index contributed by atoms with van der Waals surface area (Å²) < 4.78 is 3.22. The molecule has 120 valence electrons. The zero-order valence-corrected chi connectivity index (χ0v) is 13.1. The minimum Gasteiger partial charge on any atom is -0.508 e. The lowest BCUT2D eigenvalue weighted by atomic mass is 10.2. The van der Waals surface area contributed by atoms with Gasteiger partial charge < -0.3 is 15.4 Å². The van der Waals surface area contributed by atoms with E-state index in [0.717, 1.165) is 21.9 Å². The molecule has 6 heteroatoms. The minimum atomic E-state index is -0.173. The Morgan fingerprint density at radius 3 is 2.79 bits per heavy atom. The van der Waals surface area contributed by atoms with Gasteiger partial charge in [-0.15, -0.1) is 0 Å². The Morgan fingerprint density at radius 1 is 1.17 bits per heavy atom. The van der Waals surface area contributed by atoms with Gasteiger partial charge in [-0.2, -0.15) is 5.10 Å². The molecule has 0 saturated carbocycles. The summed E-state index contributed by atoms with van der Waals surface area (Å²) in [4.78, 5) is 12.9. The van der Waals surface area contributed by atoms with E-state index in [0.29, 0.717) is 17.7 Å². The molecule has 0 fully saturated rings. The molecule has 0 atom stereocenters. The number of benzene rings is 2. The maximum absolute atomic E-state index is 12.9. The Morgan fingerprint density at radius 2 is 2.00 bits per heavy atom. The van der Waals surface area contributed by atoms with E-state index >= 15 is 0 Å². The Labute approximate surface area is 137 Å². The van der Waals surface area contributed by atoms with E-state index in [1.54, 1.807) is 35.0 Å². The van der Waals surface area contributed by atoms with E-state index in [4.69, 9.17) is 5.73 Å². The van der Waals surface area contributed by atoms with E-state index in [9.17, 15) is 9.90 Å². The molecule has 2 aromatic carbocycles. The third-order valence-electron chi connectivity index (χ3n) is 4.27. The average molecular weight is 320 g/mol. The lowest BCUT2D eigenvalue weighted by Gasteiger charge is -2.06. The number of nitrogens with zero attached hydrogens (tertiary/aromatic N) is 3. The molecule has 0 aliphatic heterocycles. The van der Waals surface area contributed by atoms with E-state index in [-0.39, 0.29) is 11.3 Å². The van der Waals surface area contributed by atoms with E-state index in [2.05, 4.69) is 5.10 Å². The summed E-state index contributed by atoms with van der Waals surface area (Å²) >= 11 is 0. The van der Waals surface area contributed by atoms with Gasteiger partial charge in [0.25, 0.3) is 5.56 Å². The number of anilines is 1. The Kier molecular flexibility index (Phi) is 3.06. The molecule has 4 rings (SSSR count). The topological polar surface area (TPSA) is 86.1 Å². The second-order valence-electron chi connectivity index (χ2n) is 5.88. The largest absolute Gasteiger partial charge is 0.508 e. The van der Waals surface area contributed by atoms with Gasteiger partial charge in [0, 0.05) is 29.6 Å². The molecule has 6 nitrogen and oxygen atoms in total. The monoisotopic (exact) mass is 320 g/mol. The number of phenols is 1. The van der Waals surface area contributed by atoms with Crippen molar-refractivity contribution >= 4 is 27.5 Å². The van der Waals surface area contributed by atoms with Crippen molar-refractivity contribution in [1.82, 2.24) is 14.3 Å². The standard InChI is InChI=1S/C18H16N4O2/c1-21-16-8-13(23)5-6-14(16)15-9-20-22(18(24)17(15)21)10-11-3-2-4-12(19)7-11/h2-9,23H,10,19H2,1H3. The summed E-state index contributed by atoms with van der Waals surface area (Å²) in [6.07, 6.45) is 1.70. The Balaban J connectivity index is 1.93. The van der Waals surface area contributed by atoms with Crippen LogP contribution in [-0.2, 0) is 13.6 Å². The van der Waals surface area contributed by atoms with Crippen molar-refractivity contribution in [2.24, 2.45) is 7.05 Å². The summed E-state index contributed by atoms with van der Waals surface area (Å²) in [5.41, 5.74) is 8.55. The molecule has 0 radical (unpaired) electrons. The van der Waals surface area contributed by atoms with E-state index in [1.807, 2.05) is 25.2 Å². The molecule has 0 unspecified atom stereocenters. The molecule has 2 aromatic heterocycles. The van der Waals surface area contributed by atoms with Crippen LogP contribution in [0, 0.1) is 0 Å². The van der Waals surface area contributed by atoms with Crippen LogP contribution < -0.4 is 11.3 Å². The normalized spacial score (nSPS) is 11.4. The van der Waals surface area contributed by atoms with Crippen LogP contribution in [0.3, 0.4) is 0 Å².